The Morgan fingerprint density at radius 1 is 1.27 bits per heavy atom. The van der Waals surface area contributed by atoms with Crippen molar-refractivity contribution in [1.82, 2.24) is 5.43 Å². The smallest absolute Gasteiger partial charge is 0.271 e. The average Bonchev–Trinajstić information content (AvgIpc) is 2.15. The Hall–Kier alpha value is -0.780. The molecular weight excluding hydrogens is 229 g/mol. The lowest BCUT2D eigenvalue weighted by Crippen LogP contribution is -2.47. The molecule has 0 bridgehead atoms. The van der Waals surface area contributed by atoms with Crippen LogP contribution in [-0.2, 0) is 6.42 Å². The summed E-state index contributed by atoms with van der Waals surface area (Å²) in [4.78, 5) is 0. The van der Waals surface area contributed by atoms with E-state index >= 15 is 0 Å². The van der Waals surface area contributed by atoms with E-state index in [1.54, 1.807) is 29.7 Å². The number of halogens is 4. The van der Waals surface area contributed by atoms with Crippen molar-refractivity contribution < 1.29 is 13.2 Å². The quantitative estimate of drug-likeness (QED) is 0.626. The van der Waals surface area contributed by atoms with E-state index in [4.69, 9.17) is 17.4 Å². The summed E-state index contributed by atoms with van der Waals surface area (Å²) in [6.45, 7) is 0. The highest BCUT2D eigenvalue weighted by atomic mass is 35.5. The largest absolute Gasteiger partial charge is 0.405 e. The van der Waals surface area contributed by atoms with Crippen molar-refractivity contribution in [2.24, 2.45) is 5.84 Å². The predicted octanol–water partition coefficient (Wildman–Crippen LogP) is 2.28. The highest BCUT2D eigenvalue weighted by molar-refractivity contribution is 6.30. The highest BCUT2D eigenvalue weighted by Crippen LogP contribution is 2.23. The van der Waals surface area contributed by atoms with E-state index < -0.39 is 12.2 Å². The zero-order valence-electron chi connectivity index (χ0n) is 7.68. The van der Waals surface area contributed by atoms with Gasteiger partial charge in [0.15, 0.2) is 0 Å². The van der Waals surface area contributed by atoms with Gasteiger partial charge in [-0.1, -0.05) is 23.7 Å². The van der Waals surface area contributed by atoms with Crippen molar-refractivity contribution in [1.29, 1.82) is 0 Å². The van der Waals surface area contributed by atoms with Crippen LogP contribution in [0.25, 0.3) is 0 Å². The second-order valence-electron chi connectivity index (χ2n) is 3.09. The van der Waals surface area contributed by atoms with E-state index in [1.165, 1.54) is 0 Å². The van der Waals surface area contributed by atoms with Crippen LogP contribution < -0.4 is 11.3 Å². The topological polar surface area (TPSA) is 38.0 Å². The summed E-state index contributed by atoms with van der Waals surface area (Å²) in [5, 5.41) is 0.489. The molecule has 2 nitrogen and oxygen atoms in total. The van der Waals surface area contributed by atoms with Crippen molar-refractivity contribution in [2.75, 3.05) is 0 Å². The number of rotatable bonds is 3. The van der Waals surface area contributed by atoms with Gasteiger partial charge in [0.25, 0.3) is 0 Å². The van der Waals surface area contributed by atoms with Crippen LogP contribution in [0.3, 0.4) is 0 Å². The molecule has 0 aliphatic carbocycles. The minimum atomic E-state index is -4.35. The predicted molar refractivity (Wildman–Crippen MR) is 52.3 cm³/mol. The first-order valence-electron chi connectivity index (χ1n) is 4.21. The fraction of sp³-hybridized carbons (Fsp3) is 0.333. The Labute approximate surface area is 90.2 Å². The molecule has 6 heteroatoms. The van der Waals surface area contributed by atoms with E-state index in [9.17, 15) is 13.2 Å². The Balaban J connectivity index is 2.71. The van der Waals surface area contributed by atoms with E-state index in [1.807, 2.05) is 0 Å². The lowest BCUT2D eigenvalue weighted by molar-refractivity contribution is -0.155. The first-order valence-corrected chi connectivity index (χ1v) is 4.58. The van der Waals surface area contributed by atoms with Crippen LogP contribution in [0.5, 0.6) is 0 Å². The minimum absolute atomic E-state index is 0.211. The van der Waals surface area contributed by atoms with E-state index in [-0.39, 0.29) is 6.42 Å². The second kappa shape index (κ2) is 4.83. The minimum Gasteiger partial charge on any atom is -0.271 e. The van der Waals surface area contributed by atoms with Gasteiger partial charge in [-0.3, -0.25) is 5.84 Å². The third-order valence-corrected chi connectivity index (χ3v) is 2.20. The monoisotopic (exact) mass is 238 g/mol. The summed E-state index contributed by atoms with van der Waals surface area (Å²) in [5.74, 6) is 4.84. The summed E-state index contributed by atoms with van der Waals surface area (Å²) < 4.78 is 37.0. The van der Waals surface area contributed by atoms with Crippen molar-refractivity contribution in [2.45, 2.75) is 18.6 Å². The normalized spacial score (nSPS) is 13.9. The summed E-state index contributed by atoms with van der Waals surface area (Å²) in [6.07, 6.45) is -4.56. The van der Waals surface area contributed by atoms with Crippen LogP contribution in [0.2, 0.25) is 5.02 Å². The third kappa shape index (κ3) is 3.70. The Morgan fingerprint density at radius 3 is 2.20 bits per heavy atom. The maximum Gasteiger partial charge on any atom is 0.405 e. The molecule has 0 saturated carbocycles. The fourth-order valence-electron chi connectivity index (χ4n) is 1.13. The zero-order valence-corrected chi connectivity index (χ0v) is 8.44. The third-order valence-electron chi connectivity index (χ3n) is 1.95. The van der Waals surface area contributed by atoms with Crippen molar-refractivity contribution in [3.05, 3.63) is 34.9 Å². The molecule has 0 saturated heterocycles. The van der Waals surface area contributed by atoms with Gasteiger partial charge >= 0.3 is 6.18 Å². The first kappa shape index (κ1) is 12.3. The number of nitrogens with one attached hydrogen (secondary N) is 1. The average molecular weight is 239 g/mol. The molecule has 1 unspecified atom stereocenters. The number of nitrogens with two attached hydrogens (primary N) is 1. The number of benzene rings is 1. The molecule has 1 aromatic rings. The molecule has 0 aromatic heterocycles. The number of hydrazine groups is 1. The summed E-state index contributed by atoms with van der Waals surface area (Å²) >= 11 is 5.61. The molecule has 1 atom stereocenters. The Morgan fingerprint density at radius 2 is 1.80 bits per heavy atom. The Kier molecular flexibility index (Phi) is 3.96. The molecular formula is C9H10ClF3N2. The number of alkyl halides is 3. The molecule has 84 valence electrons. The van der Waals surface area contributed by atoms with Gasteiger partial charge in [0, 0.05) is 5.02 Å². The van der Waals surface area contributed by atoms with Crippen LogP contribution in [0.1, 0.15) is 5.56 Å². The molecule has 0 amide bonds. The van der Waals surface area contributed by atoms with E-state index in [0.29, 0.717) is 10.6 Å². The maximum absolute atomic E-state index is 12.3. The van der Waals surface area contributed by atoms with Crippen LogP contribution in [0.4, 0.5) is 13.2 Å². The van der Waals surface area contributed by atoms with Gasteiger partial charge in [-0.15, -0.1) is 0 Å². The molecule has 3 N–H and O–H groups in total. The molecule has 0 aliphatic rings. The van der Waals surface area contributed by atoms with E-state index in [0.717, 1.165) is 0 Å². The molecule has 1 rings (SSSR count). The highest BCUT2D eigenvalue weighted by Gasteiger charge is 2.38. The van der Waals surface area contributed by atoms with Gasteiger partial charge in [0.2, 0.25) is 0 Å². The number of hydrogen-bond acceptors (Lipinski definition) is 2. The first-order chi connectivity index (χ1) is 6.93. The molecule has 0 fully saturated rings. The fourth-order valence-corrected chi connectivity index (χ4v) is 1.25. The van der Waals surface area contributed by atoms with Crippen molar-refractivity contribution >= 4 is 11.6 Å². The summed E-state index contributed by atoms with van der Waals surface area (Å²) in [5.41, 5.74) is 2.27. The van der Waals surface area contributed by atoms with Gasteiger partial charge in [-0.05, 0) is 24.1 Å². The lowest BCUT2D eigenvalue weighted by Gasteiger charge is -2.19. The SMILES string of the molecule is NNC(Cc1ccc(Cl)cc1)C(F)(F)F. The molecule has 0 heterocycles. The summed E-state index contributed by atoms with van der Waals surface area (Å²) in [6, 6.07) is 4.43. The molecule has 0 radical (unpaired) electrons. The molecule has 1 aromatic carbocycles. The van der Waals surface area contributed by atoms with Crippen LogP contribution >= 0.6 is 11.6 Å². The van der Waals surface area contributed by atoms with Crippen LogP contribution in [0.15, 0.2) is 24.3 Å². The number of hydrogen-bond donors (Lipinski definition) is 2. The van der Waals surface area contributed by atoms with Crippen molar-refractivity contribution in [3.8, 4) is 0 Å². The van der Waals surface area contributed by atoms with Crippen LogP contribution in [-0.4, -0.2) is 12.2 Å². The van der Waals surface area contributed by atoms with Crippen LogP contribution in [0, 0.1) is 0 Å². The lowest BCUT2D eigenvalue weighted by atomic mass is 10.1. The maximum atomic E-state index is 12.3. The Bertz CT molecular complexity index is 310. The van der Waals surface area contributed by atoms with Gasteiger partial charge in [0.1, 0.15) is 6.04 Å². The molecule has 0 spiro atoms. The van der Waals surface area contributed by atoms with Gasteiger partial charge in [0.05, 0.1) is 0 Å². The molecule has 0 aliphatic heterocycles. The summed E-state index contributed by atoms with van der Waals surface area (Å²) in [7, 11) is 0. The molecule has 15 heavy (non-hydrogen) atoms. The van der Waals surface area contributed by atoms with Gasteiger partial charge in [-0.25, -0.2) is 5.43 Å². The van der Waals surface area contributed by atoms with Gasteiger partial charge < -0.3 is 0 Å². The van der Waals surface area contributed by atoms with E-state index in [2.05, 4.69) is 0 Å². The standard InChI is InChI=1S/C9H10ClF3N2/c10-7-3-1-6(2-4-7)5-8(15-14)9(11,12)13/h1-4,8,15H,5,14H2. The van der Waals surface area contributed by atoms with Crippen molar-refractivity contribution in [3.63, 3.8) is 0 Å². The zero-order chi connectivity index (χ0) is 11.5. The van der Waals surface area contributed by atoms with Gasteiger partial charge in [-0.2, -0.15) is 13.2 Å². The second-order valence-corrected chi connectivity index (χ2v) is 3.53.